The highest BCUT2D eigenvalue weighted by Gasteiger charge is 2.33. The molecule has 292 valence electrons. The van der Waals surface area contributed by atoms with E-state index in [1.807, 2.05) is 97.1 Å². The number of ketones is 1. The second-order valence-electron chi connectivity index (χ2n) is 15.1. The summed E-state index contributed by atoms with van der Waals surface area (Å²) in [5.41, 5.74) is 14.8. The van der Waals surface area contributed by atoms with Crippen LogP contribution in [0.5, 0.6) is 0 Å². The zero-order valence-corrected chi connectivity index (χ0v) is 33.9. The van der Waals surface area contributed by atoms with Crippen molar-refractivity contribution in [2.75, 3.05) is 0 Å². The summed E-state index contributed by atoms with van der Waals surface area (Å²) in [6.45, 7) is 0. The van der Waals surface area contributed by atoms with Gasteiger partial charge in [0, 0.05) is 44.5 Å². The number of hydrogen-bond donors (Lipinski definition) is 0. The topological polar surface area (TPSA) is 42.9 Å². The van der Waals surface area contributed by atoms with Gasteiger partial charge in [0.1, 0.15) is 11.4 Å². The average molecular weight is 793 g/mol. The van der Waals surface area contributed by atoms with E-state index in [1.54, 1.807) is 0 Å². The molecule has 0 N–H and O–H groups in total. The third-order valence-corrected chi connectivity index (χ3v) is 11.3. The second kappa shape index (κ2) is 17.1. The van der Waals surface area contributed by atoms with E-state index in [9.17, 15) is 0 Å². The van der Waals surface area contributed by atoms with Crippen molar-refractivity contribution in [1.82, 2.24) is 9.97 Å². The van der Waals surface area contributed by atoms with Crippen LogP contribution in [0.15, 0.2) is 243 Å². The minimum absolute atomic E-state index is 0.273. The van der Waals surface area contributed by atoms with Crippen molar-refractivity contribution >= 4 is 5.78 Å². The predicted molar refractivity (Wildman–Crippen MR) is 255 cm³/mol. The van der Waals surface area contributed by atoms with E-state index in [-0.39, 0.29) is 5.78 Å². The van der Waals surface area contributed by atoms with Crippen molar-refractivity contribution in [1.29, 1.82) is 0 Å². The zero-order chi connectivity index (χ0) is 41.7. The normalized spacial score (nSPS) is 11.0. The summed E-state index contributed by atoms with van der Waals surface area (Å²) in [6, 6.07) is 82.4. The third-order valence-electron chi connectivity index (χ3n) is 11.3. The number of pyridine rings is 2. The first-order valence-electron chi connectivity index (χ1n) is 20.9. The van der Waals surface area contributed by atoms with Gasteiger partial charge >= 0.3 is 0 Å². The van der Waals surface area contributed by atoms with Gasteiger partial charge in [0.15, 0.2) is 0 Å². The number of rotatable bonds is 10. The summed E-state index contributed by atoms with van der Waals surface area (Å²) in [5, 5.41) is 0. The van der Waals surface area contributed by atoms with E-state index < -0.39 is 0 Å². The summed E-state index contributed by atoms with van der Waals surface area (Å²) < 4.78 is 0. The molecule has 0 aliphatic heterocycles. The molecule has 0 amide bonds. The molecule has 8 aromatic carbocycles. The standard InChI is InChI=1S/C59H40N2O/c62-59(57-53(45-33-17-5-18-34-45)49(41-25-9-1-10-26-41)51(43-29-13-3-14-30-43)55(60-57)47-37-21-7-22-38-47)58-54(46-35-19-6-20-36-46)50(42-27-11-2-12-28-42)52(44-31-15-4-16-32-44)56(61-58)48-39-23-8-24-40-48/h1-40H. The largest absolute Gasteiger partial charge is 0.285 e. The molecule has 2 heterocycles. The van der Waals surface area contributed by atoms with E-state index in [4.69, 9.17) is 9.97 Å². The fourth-order valence-corrected chi connectivity index (χ4v) is 8.55. The minimum atomic E-state index is -0.273. The summed E-state index contributed by atoms with van der Waals surface area (Å²) in [4.78, 5) is 27.7. The monoisotopic (exact) mass is 792 g/mol. The molecule has 3 heteroatoms. The lowest BCUT2D eigenvalue weighted by atomic mass is 9.81. The number of nitrogens with zero attached hydrogens (tertiary/aromatic N) is 2. The highest BCUT2D eigenvalue weighted by Crippen LogP contribution is 2.49. The first-order valence-corrected chi connectivity index (χ1v) is 20.9. The Morgan fingerprint density at radius 3 is 0.661 bits per heavy atom. The molecular formula is C59H40N2O. The van der Waals surface area contributed by atoms with Crippen molar-refractivity contribution in [3.05, 3.63) is 254 Å². The van der Waals surface area contributed by atoms with E-state index in [0.717, 1.165) is 77.9 Å². The fraction of sp³-hybridized carbons (Fsp3) is 0. The molecule has 0 atom stereocenters. The molecule has 3 nitrogen and oxygen atoms in total. The second-order valence-corrected chi connectivity index (χ2v) is 15.1. The average Bonchev–Trinajstić information content (AvgIpc) is 3.37. The van der Waals surface area contributed by atoms with Crippen molar-refractivity contribution in [3.63, 3.8) is 0 Å². The Balaban J connectivity index is 1.40. The Labute approximate surface area is 362 Å². The van der Waals surface area contributed by atoms with Gasteiger partial charge in [-0.2, -0.15) is 0 Å². The Kier molecular flexibility index (Phi) is 10.5. The zero-order valence-electron chi connectivity index (χ0n) is 33.9. The number of hydrogen-bond acceptors (Lipinski definition) is 3. The molecule has 2 aromatic heterocycles. The molecule has 10 aromatic rings. The minimum Gasteiger partial charge on any atom is -0.285 e. The van der Waals surface area contributed by atoms with Crippen LogP contribution in [0.4, 0.5) is 0 Å². The van der Waals surface area contributed by atoms with E-state index >= 15 is 4.79 Å². The van der Waals surface area contributed by atoms with Gasteiger partial charge in [-0.3, -0.25) is 4.79 Å². The van der Waals surface area contributed by atoms with Gasteiger partial charge in [-0.15, -0.1) is 0 Å². The molecule has 10 rings (SSSR count). The Morgan fingerprint density at radius 2 is 0.419 bits per heavy atom. The lowest BCUT2D eigenvalue weighted by molar-refractivity contribution is 0.103. The molecular weight excluding hydrogens is 753 g/mol. The number of carbonyl (C=O) groups excluding carboxylic acids is 1. The van der Waals surface area contributed by atoms with Gasteiger partial charge in [-0.1, -0.05) is 243 Å². The van der Waals surface area contributed by atoms with Crippen LogP contribution < -0.4 is 0 Å². The van der Waals surface area contributed by atoms with Crippen molar-refractivity contribution in [2.45, 2.75) is 0 Å². The highest BCUT2D eigenvalue weighted by molar-refractivity contribution is 6.20. The highest BCUT2D eigenvalue weighted by atomic mass is 16.1. The van der Waals surface area contributed by atoms with E-state index in [2.05, 4.69) is 146 Å². The Hall–Kier alpha value is -8.27. The van der Waals surface area contributed by atoms with Gasteiger partial charge < -0.3 is 0 Å². The van der Waals surface area contributed by atoms with Crippen LogP contribution in [0.25, 0.3) is 89.3 Å². The van der Waals surface area contributed by atoms with Crippen LogP contribution in [0.3, 0.4) is 0 Å². The van der Waals surface area contributed by atoms with Crippen LogP contribution in [-0.2, 0) is 0 Å². The van der Waals surface area contributed by atoms with Crippen molar-refractivity contribution in [2.24, 2.45) is 0 Å². The van der Waals surface area contributed by atoms with Gasteiger partial charge in [-0.05, 0) is 33.4 Å². The maximum absolute atomic E-state index is 16.5. The summed E-state index contributed by atoms with van der Waals surface area (Å²) in [6.07, 6.45) is 0. The molecule has 0 bridgehead atoms. The maximum atomic E-state index is 16.5. The van der Waals surface area contributed by atoms with E-state index in [0.29, 0.717) is 22.8 Å². The Morgan fingerprint density at radius 1 is 0.226 bits per heavy atom. The molecule has 0 saturated carbocycles. The summed E-state index contributed by atoms with van der Waals surface area (Å²) in [7, 11) is 0. The SMILES string of the molecule is O=C(c1nc(-c2ccccc2)c(-c2ccccc2)c(-c2ccccc2)c1-c1ccccc1)c1nc(-c2ccccc2)c(-c2ccccc2)c(-c2ccccc2)c1-c1ccccc1. The van der Waals surface area contributed by atoms with Crippen LogP contribution in [0, 0.1) is 0 Å². The lowest BCUT2D eigenvalue weighted by Crippen LogP contribution is -2.15. The smallest absolute Gasteiger partial charge is 0.231 e. The van der Waals surface area contributed by atoms with Crippen LogP contribution in [0.1, 0.15) is 16.2 Å². The first-order chi connectivity index (χ1) is 30.7. The van der Waals surface area contributed by atoms with E-state index in [1.165, 1.54) is 0 Å². The van der Waals surface area contributed by atoms with Gasteiger partial charge in [-0.25, -0.2) is 9.97 Å². The molecule has 0 spiro atoms. The van der Waals surface area contributed by atoms with Gasteiger partial charge in [0.2, 0.25) is 5.78 Å². The van der Waals surface area contributed by atoms with Crippen LogP contribution in [0.2, 0.25) is 0 Å². The molecule has 0 unspecified atom stereocenters. The van der Waals surface area contributed by atoms with Gasteiger partial charge in [0.25, 0.3) is 0 Å². The summed E-state index contributed by atoms with van der Waals surface area (Å²) in [5.74, 6) is -0.273. The quantitative estimate of drug-likeness (QED) is 0.130. The molecule has 62 heavy (non-hydrogen) atoms. The van der Waals surface area contributed by atoms with Crippen molar-refractivity contribution in [3.8, 4) is 89.3 Å². The first kappa shape index (κ1) is 38.0. The molecule has 0 saturated heterocycles. The molecule has 0 fully saturated rings. The van der Waals surface area contributed by atoms with Crippen molar-refractivity contribution < 1.29 is 4.79 Å². The number of benzene rings is 8. The Bertz CT molecular complexity index is 2910. The fourth-order valence-electron chi connectivity index (χ4n) is 8.55. The molecule has 0 radical (unpaired) electrons. The van der Waals surface area contributed by atoms with Crippen LogP contribution >= 0.6 is 0 Å². The lowest BCUT2D eigenvalue weighted by Gasteiger charge is -2.25. The molecule has 0 aliphatic carbocycles. The summed E-state index contributed by atoms with van der Waals surface area (Å²) >= 11 is 0. The maximum Gasteiger partial charge on any atom is 0.231 e. The number of carbonyl (C=O) groups is 1. The third kappa shape index (κ3) is 7.23. The molecule has 0 aliphatic rings. The predicted octanol–water partition coefficient (Wildman–Crippen LogP) is 15.0. The van der Waals surface area contributed by atoms with Crippen LogP contribution in [-0.4, -0.2) is 15.8 Å². The number of aromatic nitrogens is 2. The van der Waals surface area contributed by atoms with Gasteiger partial charge in [0.05, 0.1) is 11.4 Å².